The van der Waals surface area contributed by atoms with Gasteiger partial charge in [0, 0.05) is 23.9 Å². The maximum absolute atomic E-state index is 9.88. The molecule has 0 saturated heterocycles. The minimum Gasteiger partial charge on any atom is -0.504 e. The summed E-state index contributed by atoms with van der Waals surface area (Å²) in [5, 5.41) is 13.0. The van der Waals surface area contributed by atoms with Crippen LogP contribution in [-0.2, 0) is 12.8 Å². The number of nitrogens with zero attached hydrogens (tertiary/aromatic N) is 2. The molecule has 2 aromatic rings. The first-order valence-corrected chi connectivity index (χ1v) is 6.68. The summed E-state index contributed by atoms with van der Waals surface area (Å²) in [5.74, 6) is 2.06. The van der Waals surface area contributed by atoms with Gasteiger partial charge in [0.25, 0.3) is 0 Å². The van der Waals surface area contributed by atoms with E-state index in [4.69, 9.17) is 4.74 Å². The molecule has 1 heterocycles. The molecule has 104 valence electrons. The van der Waals surface area contributed by atoms with Crippen LogP contribution in [-0.4, -0.2) is 29.2 Å². The fourth-order valence-corrected chi connectivity index (χ4v) is 2.60. The molecule has 0 bridgehead atoms. The molecule has 0 saturated carbocycles. The number of hydrogen-bond acceptors (Lipinski definition) is 5. The van der Waals surface area contributed by atoms with Crippen LogP contribution < -0.4 is 10.1 Å². The Morgan fingerprint density at radius 2 is 2.10 bits per heavy atom. The Balaban J connectivity index is 2.08. The van der Waals surface area contributed by atoms with E-state index < -0.39 is 0 Å². The number of methoxy groups -OCH3 is 1. The summed E-state index contributed by atoms with van der Waals surface area (Å²) >= 11 is 0. The van der Waals surface area contributed by atoms with Crippen LogP contribution in [0.5, 0.6) is 11.5 Å². The quantitative estimate of drug-likeness (QED) is 0.897. The molecule has 0 aliphatic heterocycles. The Kier molecular flexibility index (Phi) is 3.18. The molecule has 0 atom stereocenters. The van der Waals surface area contributed by atoms with E-state index in [0.717, 1.165) is 36.3 Å². The van der Waals surface area contributed by atoms with E-state index in [-0.39, 0.29) is 5.75 Å². The van der Waals surface area contributed by atoms with Crippen molar-refractivity contribution in [2.75, 3.05) is 19.5 Å². The highest BCUT2D eigenvalue weighted by Gasteiger charge is 2.19. The third-order valence-electron chi connectivity index (χ3n) is 3.61. The van der Waals surface area contributed by atoms with Crippen molar-refractivity contribution in [3.8, 4) is 22.9 Å². The summed E-state index contributed by atoms with van der Waals surface area (Å²) in [6.07, 6.45) is 3.14. The Labute approximate surface area is 117 Å². The molecule has 2 N–H and O–H groups in total. The van der Waals surface area contributed by atoms with E-state index in [0.29, 0.717) is 11.6 Å². The van der Waals surface area contributed by atoms with E-state index in [1.807, 2.05) is 13.1 Å². The summed E-state index contributed by atoms with van der Waals surface area (Å²) in [5.41, 5.74) is 3.11. The van der Waals surface area contributed by atoms with Crippen molar-refractivity contribution < 1.29 is 9.84 Å². The molecule has 0 fully saturated rings. The molecule has 1 aliphatic carbocycles. The number of fused-ring (bicyclic) bond motifs is 1. The lowest BCUT2D eigenvalue weighted by Crippen LogP contribution is -2.03. The number of benzene rings is 1. The van der Waals surface area contributed by atoms with Crippen molar-refractivity contribution >= 4 is 5.82 Å². The number of hydrogen-bond donors (Lipinski definition) is 2. The molecule has 0 amide bonds. The molecule has 5 heteroatoms. The second-order valence-corrected chi connectivity index (χ2v) is 4.81. The molecular formula is C15H17N3O2. The van der Waals surface area contributed by atoms with E-state index in [1.165, 1.54) is 12.7 Å². The predicted octanol–water partition coefficient (Wildman–Crippen LogP) is 2.39. The first-order valence-electron chi connectivity index (χ1n) is 6.68. The summed E-state index contributed by atoms with van der Waals surface area (Å²) < 4.78 is 5.05. The van der Waals surface area contributed by atoms with Crippen LogP contribution in [0, 0.1) is 0 Å². The van der Waals surface area contributed by atoms with Gasteiger partial charge in [0.1, 0.15) is 5.82 Å². The number of ether oxygens (including phenoxy) is 1. The maximum Gasteiger partial charge on any atom is 0.161 e. The Morgan fingerprint density at radius 3 is 2.80 bits per heavy atom. The number of nitrogens with one attached hydrogen (secondary N) is 1. The second-order valence-electron chi connectivity index (χ2n) is 4.81. The van der Waals surface area contributed by atoms with Crippen LogP contribution in [0.15, 0.2) is 18.2 Å². The van der Waals surface area contributed by atoms with Crippen molar-refractivity contribution in [2.45, 2.75) is 19.3 Å². The van der Waals surface area contributed by atoms with Crippen LogP contribution in [0.3, 0.4) is 0 Å². The first kappa shape index (κ1) is 12.7. The summed E-state index contributed by atoms with van der Waals surface area (Å²) in [6.45, 7) is 0. The SMILES string of the molecule is CNc1nc(-c2ccc(OC)c(O)c2)nc2c1CCC2. The smallest absolute Gasteiger partial charge is 0.161 e. The third-order valence-corrected chi connectivity index (χ3v) is 3.61. The zero-order valence-corrected chi connectivity index (χ0v) is 11.6. The highest BCUT2D eigenvalue weighted by molar-refractivity contribution is 5.64. The number of rotatable bonds is 3. The van der Waals surface area contributed by atoms with Gasteiger partial charge in [0.05, 0.1) is 7.11 Å². The maximum atomic E-state index is 9.88. The fraction of sp³-hybridized carbons (Fsp3) is 0.333. The number of anilines is 1. The Bertz CT molecular complexity index is 656. The summed E-state index contributed by atoms with van der Waals surface area (Å²) in [4.78, 5) is 9.18. The van der Waals surface area contributed by atoms with Gasteiger partial charge in [0.2, 0.25) is 0 Å². The number of aryl methyl sites for hydroxylation is 1. The average molecular weight is 271 g/mol. The first-order chi connectivity index (χ1) is 9.72. The van der Waals surface area contributed by atoms with Gasteiger partial charge in [-0.1, -0.05) is 0 Å². The van der Waals surface area contributed by atoms with Crippen molar-refractivity contribution in [3.05, 3.63) is 29.5 Å². The lowest BCUT2D eigenvalue weighted by Gasteiger charge is -2.10. The number of aromatic hydroxyl groups is 1. The van der Waals surface area contributed by atoms with Gasteiger partial charge in [-0.05, 0) is 37.5 Å². The largest absolute Gasteiger partial charge is 0.504 e. The molecule has 20 heavy (non-hydrogen) atoms. The highest BCUT2D eigenvalue weighted by Crippen LogP contribution is 2.33. The van der Waals surface area contributed by atoms with Gasteiger partial charge in [-0.2, -0.15) is 0 Å². The van der Waals surface area contributed by atoms with E-state index in [9.17, 15) is 5.11 Å². The normalized spacial score (nSPS) is 13.1. The van der Waals surface area contributed by atoms with E-state index in [2.05, 4.69) is 15.3 Å². The zero-order valence-electron chi connectivity index (χ0n) is 11.6. The van der Waals surface area contributed by atoms with Crippen molar-refractivity contribution in [1.29, 1.82) is 0 Å². The molecule has 5 nitrogen and oxygen atoms in total. The van der Waals surface area contributed by atoms with Gasteiger partial charge in [0.15, 0.2) is 17.3 Å². The Morgan fingerprint density at radius 1 is 1.25 bits per heavy atom. The van der Waals surface area contributed by atoms with Crippen LogP contribution in [0.25, 0.3) is 11.4 Å². The molecule has 1 aromatic carbocycles. The molecule has 0 spiro atoms. The molecule has 1 aliphatic rings. The predicted molar refractivity (Wildman–Crippen MR) is 77.3 cm³/mol. The minimum atomic E-state index is 0.0973. The standard InChI is InChI=1S/C15H17N3O2/c1-16-15-10-4-3-5-11(10)17-14(18-15)9-6-7-13(20-2)12(19)8-9/h6-8,19H,3-5H2,1-2H3,(H,16,17,18). The fourth-order valence-electron chi connectivity index (χ4n) is 2.60. The minimum absolute atomic E-state index is 0.0973. The number of aromatic nitrogens is 2. The lowest BCUT2D eigenvalue weighted by atomic mass is 10.1. The third kappa shape index (κ3) is 2.05. The van der Waals surface area contributed by atoms with Gasteiger partial charge < -0.3 is 15.2 Å². The molecule has 1 aromatic heterocycles. The van der Waals surface area contributed by atoms with Gasteiger partial charge >= 0.3 is 0 Å². The summed E-state index contributed by atoms with van der Waals surface area (Å²) in [7, 11) is 3.40. The van der Waals surface area contributed by atoms with Crippen LogP contribution >= 0.6 is 0 Å². The van der Waals surface area contributed by atoms with Gasteiger partial charge in [-0.25, -0.2) is 9.97 Å². The molecule has 0 unspecified atom stereocenters. The monoisotopic (exact) mass is 271 g/mol. The average Bonchev–Trinajstić information content (AvgIpc) is 2.94. The Hall–Kier alpha value is -2.30. The molecule has 0 radical (unpaired) electrons. The number of phenols is 1. The van der Waals surface area contributed by atoms with Crippen LogP contribution in [0.1, 0.15) is 17.7 Å². The molecular weight excluding hydrogens is 254 g/mol. The van der Waals surface area contributed by atoms with Crippen molar-refractivity contribution in [2.24, 2.45) is 0 Å². The van der Waals surface area contributed by atoms with Gasteiger partial charge in [-0.15, -0.1) is 0 Å². The zero-order chi connectivity index (χ0) is 14.1. The van der Waals surface area contributed by atoms with Gasteiger partial charge in [-0.3, -0.25) is 0 Å². The number of phenolic OH excluding ortho intramolecular Hbond substituents is 1. The topological polar surface area (TPSA) is 67.3 Å². The van der Waals surface area contributed by atoms with Crippen LogP contribution in [0.4, 0.5) is 5.82 Å². The lowest BCUT2D eigenvalue weighted by molar-refractivity contribution is 0.373. The molecule has 3 rings (SSSR count). The van der Waals surface area contributed by atoms with Crippen molar-refractivity contribution in [3.63, 3.8) is 0 Å². The summed E-state index contributed by atoms with van der Waals surface area (Å²) in [6, 6.07) is 5.21. The van der Waals surface area contributed by atoms with Crippen LogP contribution in [0.2, 0.25) is 0 Å². The van der Waals surface area contributed by atoms with E-state index in [1.54, 1.807) is 12.1 Å². The van der Waals surface area contributed by atoms with E-state index >= 15 is 0 Å². The van der Waals surface area contributed by atoms with Crippen molar-refractivity contribution in [1.82, 2.24) is 9.97 Å². The highest BCUT2D eigenvalue weighted by atomic mass is 16.5. The second kappa shape index (κ2) is 5.00.